The molecule has 1 aromatic carbocycles. The van der Waals surface area contributed by atoms with Crippen molar-refractivity contribution in [2.45, 2.75) is 17.7 Å². The molecular weight excluding hydrogens is 326 g/mol. The Hall–Kier alpha value is -1.24. The van der Waals surface area contributed by atoms with Gasteiger partial charge in [0.25, 0.3) is 0 Å². The van der Waals surface area contributed by atoms with Crippen molar-refractivity contribution in [3.63, 3.8) is 0 Å². The van der Waals surface area contributed by atoms with Gasteiger partial charge in [-0.3, -0.25) is 9.59 Å². The van der Waals surface area contributed by atoms with Crippen LogP contribution in [0.5, 0.6) is 0 Å². The van der Waals surface area contributed by atoms with Crippen LogP contribution in [-0.2, 0) is 14.3 Å². The number of aliphatic carboxylic acids is 1. The summed E-state index contributed by atoms with van der Waals surface area (Å²) in [7, 11) is 0. The average Bonchev–Trinajstić information content (AvgIpc) is 2.53. The van der Waals surface area contributed by atoms with Crippen molar-refractivity contribution in [1.82, 2.24) is 5.32 Å². The van der Waals surface area contributed by atoms with E-state index in [0.717, 1.165) is 4.90 Å². The van der Waals surface area contributed by atoms with E-state index < -0.39 is 11.4 Å². The highest BCUT2D eigenvalue weighted by molar-refractivity contribution is 8.00. The minimum absolute atomic E-state index is 0.133. The zero-order valence-corrected chi connectivity index (χ0v) is 13.6. The van der Waals surface area contributed by atoms with E-state index in [0.29, 0.717) is 31.1 Å². The van der Waals surface area contributed by atoms with Crippen LogP contribution in [0, 0.1) is 5.41 Å². The van der Waals surface area contributed by atoms with Gasteiger partial charge in [0, 0.05) is 24.7 Å². The number of benzene rings is 1. The van der Waals surface area contributed by atoms with Gasteiger partial charge in [-0.25, -0.2) is 0 Å². The molecule has 0 saturated carbocycles. The molecule has 2 rings (SSSR count). The van der Waals surface area contributed by atoms with Crippen LogP contribution < -0.4 is 5.32 Å². The monoisotopic (exact) mass is 343 g/mol. The first-order valence-electron chi connectivity index (χ1n) is 6.99. The van der Waals surface area contributed by atoms with Crippen LogP contribution in [0.3, 0.4) is 0 Å². The fraction of sp³-hybridized carbons (Fsp3) is 0.467. The number of carboxylic acid groups (broad SMARTS) is 1. The number of carbonyl (C=O) groups excluding carboxylic acids is 1. The standard InChI is InChI=1S/C15H18ClNO4S/c16-11-3-1-2-4-12(11)22-9-13(18)17-10-15(14(19)20)5-7-21-8-6-15/h1-4H,5-10H2,(H,17,18)(H,19,20). The number of thioether (sulfide) groups is 1. The quantitative estimate of drug-likeness (QED) is 0.776. The van der Waals surface area contributed by atoms with Crippen LogP contribution in [0.4, 0.5) is 0 Å². The van der Waals surface area contributed by atoms with Crippen LogP contribution in [0.2, 0.25) is 5.02 Å². The van der Waals surface area contributed by atoms with E-state index in [1.54, 1.807) is 6.07 Å². The molecule has 7 heteroatoms. The molecule has 1 saturated heterocycles. The van der Waals surface area contributed by atoms with Crippen molar-refractivity contribution in [3.05, 3.63) is 29.3 Å². The number of ether oxygens (including phenoxy) is 1. The molecule has 5 nitrogen and oxygen atoms in total. The first-order valence-corrected chi connectivity index (χ1v) is 8.35. The predicted octanol–water partition coefficient (Wildman–Crippen LogP) is 2.43. The summed E-state index contributed by atoms with van der Waals surface area (Å²) >= 11 is 7.36. The fourth-order valence-electron chi connectivity index (χ4n) is 2.25. The third kappa shape index (κ3) is 4.38. The first kappa shape index (κ1) is 17.1. The number of carboxylic acids is 1. The highest BCUT2D eigenvalue weighted by atomic mass is 35.5. The lowest BCUT2D eigenvalue weighted by atomic mass is 9.80. The van der Waals surface area contributed by atoms with E-state index >= 15 is 0 Å². The Labute approximate surface area is 138 Å². The van der Waals surface area contributed by atoms with Crippen LogP contribution in [-0.4, -0.2) is 42.5 Å². The molecule has 1 aliphatic heterocycles. The van der Waals surface area contributed by atoms with Gasteiger partial charge in [0.2, 0.25) is 5.91 Å². The zero-order valence-electron chi connectivity index (χ0n) is 12.0. The zero-order chi connectivity index (χ0) is 16.0. The summed E-state index contributed by atoms with van der Waals surface area (Å²) < 4.78 is 5.21. The summed E-state index contributed by atoms with van der Waals surface area (Å²) in [6, 6.07) is 7.29. The van der Waals surface area contributed by atoms with Gasteiger partial charge in [-0.05, 0) is 25.0 Å². The van der Waals surface area contributed by atoms with Crippen molar-refractivity contribution < 1.29 is 19.4 Å². The van der Waals surface area contributed by atoms with Gasteiger partial charge in [0.1, 0.15) is 0 Å². The lowest BCUT2D eigenvalue weighted by Crippen LogP contribution is -2.46. The molecule has 0 unspecified atom stereocenters. The predicted molar refractivity (Wildman–Crippen MR) is 85.3 cm³/mol. The molecule has 0 radical (unpaired) electrons. The van der Waals surface area contributed by atoms with E-state index in [1.807, 2.05) is 18.2 Å². The average molecular weight is 344 g/mol. The molecule has 2 N–H and O–H groups in total. The number of hydrogen-bond donors (Lipinski definition) is 2. The Morgan fingerprint density at radius 1 is 1.32 bits per heavy atom. The Morgan fingerprint density at radius 3 is 2.64 bits per heavy atom. The van der Waals surface area contributed by atoms with Crippen molar-refractivity contribution >= 4 is 35.2 Å². The van der Waals surface area contributed by atoms with Gasteiger partial charge in [-0.2, -0.15) is 0 Å². The first-order chi connectivity index (χ1) is 10.5. The molecule has 1 fully saturated rings. The van der Waals surface area contributed by atoms with Crippen molar-refractivity contribution in [3.8, 4) is 0 Å². The third-order valence-corrected chi connectivity index (χ3v) is 5.24. The second-order valence-corrected chi connectivity index (χ2v) is 6.62. The molecule has 1 heterocycles. The summed E-state index contributed by atoms with van der Waals surface area (Å²) in [4.78, 5) is 24.3. The van der Waals surface area contributed by atoms with Gasteiger partial charge in [0.05, 0.1) is 16.2 Å². The van der Waals surface area contributed by atoms with Crippen LogP contribution in [0.1, 0.15) is 12.8 Å². The molecule has 0 aromatic heterocycles. The lowest BCUT2D eigenvalue weighted by Gasteiger charge is -2.33. The summed E-state index contributed by atoms with van der Waals surface area (Å²) in [5.74, 6) is -0.873. The lowest BCUT2D eigenvalue weighted by molar-refractivity contribution is -0.154. The van der Waals surface area contributed by atoms with E-state index in [2.05, 4.69) is 5.32 Å². The molecule has 120 valence electrons. The largest absolute Gasteiger partial charge is 0.481 e. The SMILES string of the molecule is O=C(CSc1ccccc1Cl)NCC1(C(=O)O)CCOCC1. The molecule has 22 heavy (non-hydrogen) atoms. The topological polar surface area (TPSA) is 75.6 Å². The molecule has 0 spiro atoms. The number of nitrogens with one attached hydrogen (secondary N) is 1. The molecule has 1 aromatic rings. The van der Waals surface area contributed by atoms with E-state index in [1.165, 1.54) is 11.8 Å². The molecule has 0 bridgehead atoms. The summed E-state index contributed by atoms with van der Waals surface area (Å²) in [5, 5.41) is 12.7. The molecule has 0 aliphatic carbocycles. The van der Waals surface area contributed by atoms with Crippen molar-refractivity contribution in [2.24, 2.45) is 5.41 Å². The Kier molecular flexibility index (Phi) is 6.11. The Balaban J connectivity index is 1.84. The second-order valence-electron chi connectivity index (χ2n) is 5.19. The summed E-state index contributed by atoms with van der Waals surface area (Å²) in [6.45, 7) is 0.959. The molecular formula is C15H18ClNO4S. The van der Waals surface area contributed by atoms with Crippen LogP contribution in [0.25, 0.3) is 0 Å². The third-order valence-electron chi connectivity index (χ3n) is 3.72. The highest BCUT2D eigenvalue weighted by Gasteiger charge is 2.40. The van der Waals surface area contributed by atoms with E-state index in [-0.39, 0.29) is 18.2 Å². The number of amides is 1. The van der Waals surface area contributed by atoms with Gasteiger partial charge in [-0.1, -0.05) is 23.7 Å². The van der Waals surface area contributed by atoms with Gasteiger partial charge >= 0.3 is 5.97 Å². The van der Waals surface area contributed by atoms with E-state index in [9.17, 15) is 14.7 Å². The highest BCUT2D eigenvalue weighted by Crippen LogP contribution is 2.30. The van der Waals surface area contributed by atoms with E-state index in [4.69, 9.17) is 16.3 Å². The van der Waals surface area contributed by atoms with Crippen LogP contribution >= 0.6 is 23.4 Å². The molecule has 1 aliphatic rings. The minimum atomic E-state index is -0.914. The van der Waals surface area contributed by atoms with Crippen LogP contribution in [0.15, 0.2) is 29.2 Å². The van der Waals surface area contributed by atoms with Crippen molar-refractivity contribution in [1.29, 1.82) is 0 Å². The van der Waals surface area contributed by atoms with Gasteiger partial charge < -0.3 is 15.2 Å². The normalized spacial score (nSPS) is 17.0. The van der Waals surface area contributed by atoms with Gasteiger partial charge in [0.15, 0.2) is 0 Å². The number of halogens is 1. The van der Waals surface area contributed by atoms with Gasteiger partial charge in [-0.15, -0.1) is 11.8 Å². The fourth-order valence-corrected chi connectivity index (χ4v) is 3.32. The number of hydrogen-bond acceptors (Lipinski definition) is 4. The van der Waals surface area contributed by atoms with Crippen molar-refractivity contribution in [2.75, 3.05) is 25.5 Å². The summed E-state index contributed by atoms with van der Waals surface area (Å²) in [6.07, 6.45) is 0.834. The second kappa shape index (κ2) is 7.85. The number of carbonyl (C=O) groups is 2. The Bertz CT molecular complexity index is 546. The molecule has 0 atom stereocenters. The maximum atomic E-state index is 11.9. The number of rotatable bonds is 6. The maximum absolute atomic E-state index is 11.9. The smallest absolute Gasteiger partial charge is 0.311 e. The maximum Gasteiger partial charge on any atom is 0.311 e. The Morgan fingerprint density at radius 2 is 2.00 bits per heavy atom. The summed E-state index contributed by atoms with van der Waals surface area (Å²) in [5.41, 5.74) is -0.914. The molecule has 1 amide bonds. The minimum Gasteiger partial charge on any atom is -0.481 e.